The number of benzene rings is 1. The summed E-state index contributed by atoms with van der Waals surface area (Å²) < 4.78 is 12.6. The first kappa shape index (κ1) is 10.1. The second-order valence-electron chi connectivity index (χ2n) is 2.52. The van der Waals surface area contributed by atoms with Gasteiger partial charge < -0.3 is 5.32 Å². The normalized spacial score (nSPS) is 9.77. The average Bonchev–Trinajstić information content (AvgIpc) is 2.04. The minimum Gasteiger partial charge on any atom is -0.352 e. The molecule has 70 valence electrons. The Hall–Kier alpha value is -1.03. The molecule has 1 aromatic rings. The van der Waals surface area contributed by atoms with Gasteiger partial charge in [0.15, 0.2) is 0 Å². The third kappa shape index (κ3) is 2.45. The van der Waals surface area contributed by atoms with Crippen molar-refractivity contribution in [1.82, 2.24) is 5.32 Å². The Bertz CT molecular complexity index is 327. The lowest BCUT2D eigenvalue weighted by Gasteiger charge is -2.04. The van der Waals surface area contributed by atoms with Crippen LogP contribution >= 0.6 is 12.6 Å². The molecule has 1 N–H and O–H groups in total. The average molecular weight is 199 g/mol. The maximum atomic E-state index is 12.6. The molecule has 0 aromatic heterocycles. The molecular weight excluding hydrogens is 189 g/mol. The van der Waals surface area contributed by atoms with Crippen LogP contribution in [0.2, 0.25) is 0 Å². The molecule has 0 saturated heterocycles. The van der Waals surface area contributed by atoms with Crippen molar-refractivity contribution in [2.24, 2.45) is 0 Å². The standard InChI is InChI=1S/C9H10FNOS/c1-2-11-9(12)7-4-3-6(10)5-8(7)13/h3-5,13H,2H2,1H3,(H,11,12). The summed E-state index contributed by atoms with van der Waals surface area (Å²) >= 11 is 4.00. The number of halogens is 1. The molecule has 0 aliphatic rings. The van der Waals surface area contributed by atoms with Crippen molar-refractivity contribution >= 4 is 18.5 Å². The summed E-state index contributed by atoms with van der Waals surface area (Å²) in [7, 11) is 0. The highest BCUT2D eigenvalue weighted by atomic mass is 32.1. The van der Waals surface area contributed by atoms with Crippen molar-refractivity contribution in [2.75, 3.05) is 6.54 Å². The largest absolute Gasteiger partial charge is 0.352 e. The fraction of sp³-hybridized carbons (Fsp3) is 0.222. The highest BCUT2D eigenvalue weighted by Gasteiger charge is 2.08. The van der Waals surface area contributed by atoms with Crippen LogP contribution in [0.1, 0.15) is 17.3 Å². The van der Waals surface area contributed by atoms with Crippen LogP contribution in [0, 0.1) is 5.82 Å². The third-order valence-electron chi connectivity index (χ3n) is 1.54. The summed E-state index contributed by atoms with van der Waals surface area (Å²) in [6.45, 7) is 2.36. The van der Waals surface area contributed by atoms with Crippen LogP contribution in [-0.4, -0.2) is 12.5 Å². The summed E-state index contributed by atoms with van der Waals surface area (Å²) in [5, 5.41) is 2.61. The number of amides is 1. The second-order valence-corrected chi connectivity index (χ2v) is 3.00. The van der Waals surface area contributed by atoms with E-state index in [9.17, 15) is 9.18 Å². The number of nitrogens with one attached hydrogen (secondary N) is 1. The van der Waals surface area contributed by atoms with Gasteiger partial charge in [0, 0.05) is 11.4 Å². The third-order valence-corrected chi connectivity index (χ3v) is 1.91. The molecule has 2 nitrogen and oxygen atoms in total. The molecule has 0 aliphatic heterocycles. The number of carbonyl (C=O) groups is 1. The van der Waals surface area contributed by atoms with E-state index in [1.54, 1.807) is 0 Å². The summed E-state index contributed by atoms with van der Waals surface area (Å²) in [5.41, 5.74) is 0.395. The minimum absolute atomic E-state index is 0.229. The molecule has 4 heteroatoms. The van der Waals surface area contributed by atoms with E-state index in [0.29, 0.717) is 17.0 Å². The number of carbonyl (C=O) groups excluding carboxylic acids is 1. The maximum absolute atomic E-state index is 12.6. The molecule has 1 amide bonds. The van der Waals surface area contributed by atoms with E-state index in [-0.39, 0.29) is 5.91 Å². The van der Waals surface area contributed by atoms with E-state index in [2.05, 4.69) is 17.9 Å². The maximum Gasteiger partial charge on any atom is 0.252 e. The lowest BCUT2D eigenvalue weighted by atomic mass is 10.2. The molecular formula is C9H10FNOS. The van der Waals surface area contributed by atoms with Gasteiger partial charge in [-0.2, -0.15) is 0 Å². The van der Waals surface area contributed by atoms with Gasteiger partial charge >= 0.3 is 0 Å². The zero-order valence-corrected chi connectivity index (χ0v) is 8.07. The number of rotatable bonds is 2. The first-order valence-corrected chi connectivity index (χ1v) is 4.36. The smallest absolute Gasteiger partial charge is 0.252 e. The van der Waals surface area contributed by atoms with Gasteiger partial charge in [0.1, 0.15) is 5.82 Å². The van der Waals surface area contributed by atoms with Gasteiger partial charge in [0.25, 0.3) is 5.91 Å². The van der Waals surface area contributed by atoms with Gasteiger partial charge in [0.05, 0.1) is 5.56 Å². The number of thiol groups is 1. The van der Waals surface area contributed by atoms with Gasteiger partial charge in [-0.1, -0.05) is 0 Å². The van der Waals surface area contributed by atoms with Crippen LogP contribution in [0.4, 0.5) is 4.39 Å². The lowest BCUT2D eigenvalue weighted by Crippen LogP contribution is -2.23. The molecule has 1 rings (SSSR count). The fourth-order valence-corrected chi connectivity index (χ4v) is 1.25. The molecule has 13 heavy (non-hydrogen) atoms. The Morgan fingerprint density at radius 3 is 2.85 bits per heavy atom. The molecule has 0 radical (unpaired) electrons. The SMILES string of the molecule is CCNC(=O)c1ccc(F)cc1S. The summed E-state index contributed by atoms with van der Waals surface area (Å²) in [6.07, 6.45) is 0. The fourth-order valence-electron chi connectivity index (χ4n) is 0.953. The van der Waals surface area contributed by atoms with Crippen LogP contribution in [0.25, 0.3) is 0 Å². The van der Waals surface area contributed by atoms with E-state index >= 15 is 0 Å². The van der Waals surface area contributed by atoms with Crippen LogP contribution < -0.4 is 5.32 Å². The second kappa shape index (κ2) is 4.28. The van der Waals surface area contributed by atoms with Crippen molar-refractivity contribution in [3.05, 3.63) is 29.6 Å². The molecule has 0 atom stereocenters. The van der Waals surface area contributed by atoms with Crippen LogP contribution in [-0.2, 0) is 0 Å². The minimum atomic E-state index is -0.391. The molecule has 0 aliphatic carbocycles. The molecule has 0 spiro atoms. The van der Waals surface area contributed by atoms with Crippen molar-refractivity contribution in [3.63, 3.8) is 0 Å². The van der Waals surface area contributed by atoms with Gasteiger partial charge in [-0.3, -0.25) is 4.79 Å². The Morgan fingerprint density at radius 2 is 2.31 bits per heavy atom. The Labute approximate surface area is 81.6 Å². The predicted octanol–water partition coefficient (Wildman–Crippen LogP) is 1.86. The van der Waals surface area contributed by atoms with Crippen molar-refractivity contribution < 1.29 is 9.18 Å². The molecule has 1 aromatic carbocycles. The van der Waals surface area contributed by atoms with E-state index in [0.717, 1.165) is 0 Å². The van der Waals surface area contributed by atoms with Crippen LogP contribution in [0.15, 0.2) is 23.1 Å². The summed E-state index contributed by atoms with van der Waals surface area (Å²) in [5.74, 6) is -0.620. The lowest BCUT2D eigenvalue weighted by molar-refractivity contribution is 0.0953. The molecule has 0 heterocycles. The van der Waals surface area contributed by atoms with Crippen molar-refractivity contribution in [2.45, 2.75) is 11.8 Å². The topological polar surface area (TPSA) is 29.1 Å². The molecule has 0 fully saturated rings. The molecule has 0 bridgehead atoms. The number of hydrogen-bond acceptors (Lipinski definition) is 2. The Morgan fingerprint density at radius 1 is 1.62 bits per heavy atom. The predicted molar refractivity (Wildman–Crippen MR) is 51.7 cm³/mol. The Balaban J connectivity index is 2.95. The van der Waals surface area contributed by atoms with Crippen LogP contribution in [0.3, 0.4) is 0 Å². The van der Waals surface area contributed by atoms with Gasteiger partial charge in [0.2, 0.25) is 0 Å². The first-order valence-electron chi connectivity index (χ1n) is 3.92. The summed E-state index contributed by atoms with van der Waals surface area (Å²) in [4.78, 5) is 11.6. The highest BCUT2D eigenvalue weighted by molar-refractivity contribution is 7.80. The van der Waals surface area contributed by atoms with Crippen molar-refractivity contribution in [1.29, 1.82) is 0 Å². The van der Waals surface area contributed by atoms with Crippen LogP contribution in [0.5, 0.6) is 0 Å². The van der Waals surface area contributed by atoms with Gasteiger partial charge in [-0.15, -0.1) is 12.6 Å². The van der Waals surface area contributed by atoms with E-state index in [1.807, 2.05) is 6.92 Å². The first-order chi connectivity index (χ1) is 6.15. The Kier molecular flexibility index (Phi) is 3.31. The quantitative estimate of drug-likeness (QED) is 0.699. The monoisotopic (exact) mass is 199 g/mol. The molecule has 0 unspecified atom stereocenters. The van der Waals surface area contributed by atoms with Crippen molar-refractivity contribution in [3.8, 4) is 0 Å². The molecule has 0 saturated carbocycles. The number of hydrogen-bond donors (Lipinski definition) is 2. The summed E-state index contributed by atoms with van der Waals surface area (Å²) in [6, 6.07) is 3.88. The van der Waals surface area contributed by atoms with Gasteiger partial charge in [-0.05, 0) is 25.1 Å². The van der Waals surface area contributed by atoms with E-state index in [1.165, 1.54) is 18.2 Å². The zero-order valence-electron chi connectivity index (χ0n) is 7.17. The highest BCUT2D eigenvalue weighted by Crippen LogP contribution is 2.14. The van der Waals surface area contributed by atoms with Gasteiger partial charge in [-0.25, -0.2) is 4.39 Å². The zero-order chi connectivity index (χ0) is 9.84. The van der Waals surface area contributed by atoms with E-state index in [4.69, 9.17) is 0 Å². The van der Waals surface area contributed by atoms with E-state index < -0.39 is 5.82 Å².